The predicted octanol–water partition coefficient (Wildman–Crippen LogP) is 3.74. The van der Waals surface area contributed by atoms with E-state index >= 15 is 0 Å². The fourth-order valence-corrected chi connectivity index (χ4v) is 2.73. The van der Waals surface area contributed by atoms with Gasteiger partial charge in [-0.1, -0.05) is 13.8 Å². The number of aromatic amines is 2. The van der Waals surface area contributed by atoms with Crippen molar-refractivity contribution in [3.05, 3.63) is 24.0 Å². The number of aromatic nitrogens is 5. The monoisotopic (exact) mass is 323 g/mol. The van der Waals surface area contributed by atoms with Gasteiger partial charge < -0.3 is 10.3 Å². The molecule has 1 atom stereocenters. The van der Waals surface area contributed by atoms with E-state index in [-0.39, 0.29) is 0 Å². The van der Waals surface area contributed by atoms with Crippen LogP contribution in [0.5, 0.6) is 0 Å². The molecule has 3 N–H and O–H groups in total. The maximum absolute atomic E-state index is 4.63. The maximum Gasteiger partial charge on any atom is 0.232 e. The van der Waals surface area contributed by atoms with Crippen LogP contribution in [0.1, 0.15) is 32.4 Å². The van der Waals surface area contributed by atoms with Gasteiger partial charge in [0.15, 0.2) is 11.6 Å². The van der Waals surface area contributed by atoms with Gasteiger partial charge in [0.05, 0.1) is 5.39 Å². The molecule has 1 fully saturated rings. The van der Waals surface area contributed by atoms with Gasteiger partial charge in [0.25, 0.3) is 0 Å². The summed E-state index contributed by atoms with van der Waals surface area (Å²) in [6.07, 6.45) is 7.39. The minimum Gasteiger partial charge on any atom is -0.346 e. The number of hydrogen-bond donors (Lipinski definition) is 3. The van der Waals surface area contributed by atoms with Gasteiger partial charge in [-0.2, -0.15) is 15.1 Å². The number of nitrogens with zero attached hydrogens (tertiary/aromatic N) is 4. The lowest BCUT2D eigenvalue weighted by atomic mass is 10.1. The number of nitrogens with one attached hydrogen (secondary N) is 3. The Morgan fingerprint density at radius 1 is 1.42 bits per heavy atom. The lowest BCUT2D eigenvalue weighted by Crippen LogP contribution is -2.00. The van der Waals surface area contributed by atoms with Crippen molar-refractivity contribution < 1.29 is 0 Å². The minimum atomic E-state index is 0.490. The zero-order valence-electron chi connectivity index (χ0n) is 13.9. The zero-order chi connectivity index (χ0) is 16.5. The standard InChI is InChI=1S/C17H21N7/c1-3-12-8-14(24-23-12)20-17-21-15-13(6-7-18-15)16(22-17)19-9-10(2)11-4-5-11/h6-11H,3-5H2,1-2H3,(H3,18,20,21,22,23,24). The fourth-order valence-electron chi connectivity index (χ4n) is 2.73. The van der Waals surface area contributed by atoms with Gasteiger partial charge in [0.1, 0.15) is 5.65 Å². The molecule has 1 unspecified atom stereocenters. The Bertz CT molecular complexity index is 872. The largest absolute Gasteiger partial charge is 0.346 e. The molecule has 1 saturated carbocycles. The number of aliphatic imine (C=N–C) groups is 1. The highest BCUT2D eigenvalue weighted by Gasteiger charge is 2.26. The lowest BCUT2D eigenvalue weighted by molar-refractivity contribution is 0.679. The van der Waals surface area contributed by atoms with E-state index in [9.17, 15) is 0 Å². The third-order valence-corrected chi connectivity index (χ3v) is 4.44. The van der Waals surface area contributed by atoms with Crippen LogP contribution in [0.25, 0.3) is 11.0 Å². The van der Waals surface area contributed by atoms with Crippen molar-refractivity contribution in [1.29, 1.82) is 0 Å². The molecule has 0 spiro atoms. The summed E-state index contributed by atoms with van der Waals surface area (Å²) in [5, 5.41) is 11.3. The van der Waals surface area contributed by atoms with Gasteiger partial charge in [-0.3, -0.25) is 5.10 Å². The molecule has 4 rings (SSSR count). The van der Waals surface area contributed by atoms with Gasteiger partial charge in [0.2, 0.25) is 5.95 Å². The van der Waals surface area contributed by atoms with E-state index in [4.69, 9.17) is 0 Å². The molecule has 3 aromatic rings. The number of anilines is 2. The lowest BCUT2D eigenvalue weighted by Gasteiger charge is -2.05. The van der Waals surface area contributed by atoms with Crippen molar-refractivity contribution in [3.63, 3.8) is 0 Å². The quantitative estimate of drug-likeness (QED) is 0.602. The zero-order valence-corrected chi connectivity index (χ0v) is 13.9. The van der Waals surface area contributed by atoms with Crippen molar-refractivity contribution in [2.24, 2.45) is 16.8 Å². The Morgan fingerprint density at radius 3 is 3.04 bits per heavy atom. The van der Waals surface area contributed by atoms with Crippen LogP contribution in [0.15, 0.2) is 23.3 Å². The molecule has 3 aromatic heterocycles. The molecule has 1 aliphatic carbocycles. The SMILES string of the molecule is CCc1cc(Nc2nc(N=CC(C)C3CC3)c3cc[nH]c3n2)n[nH]1. The molecular formula is C17H21N7. The molecule has 0 amide bonds. The van der Waals surface area contributed by atoms with E-state index in [1.807, 2.05) is 24.5 Å². The molecular weight excluding hydrogens is 302 g/mol. The number of rotatable bonds is 6. The predicted molar refractivity (Wildman–Crippen MR) is 95.2 cm³/mol. The maximum atomic E-state index is 4.63. The Labute approximate surface area is 140 Å². The van der Waals surface area contributed by atoms with Crippen molar-refractivity contribution in [1.82, 2.24) is 25.1 Å². The third-order valence-electron chi connectivity index (χ3n) is 4.44. The first kappa shape index (κ1) is 14.9. The van der Waals surface area contributed by atoms with Crippen LogP contribution >= 0.6 is 0 Å². The van der Waals surface area contributed by atoms with Gasteiger partial charge in [-0.25, -0.2) is 4.99 Å². The highest BCUT2D eigenvalue weighted by Crippen LogP contribution is 2.36. The minimum absolute atomic E-state index is 0.490. The summed E-state index contributed by atoms with van der Waals surface area (Å²) >= 11 is 0. The van der Waals surface area contributed by atoms with Crippen LogP contribution in [0, 0.1) is 11.8 Å². The first-order valence-corrected chi connectivity index (χ1v) is 8.43. The average Bonchev–Trinajstić information content (AvgIpc) is 3.16. The summed E-state index contributed by atoms with van der Waals surface area (Å²) < 4.78 is 0. The van der Waals surface area contributed by atoms with Gasteiger partial charge >= 0.3 is 0 Å². The third kappa shape index (κ3) is 3.02. The van der Waals surface area contributed by atoms with Crippen LogP contribution in [-0.4, -0.2) is 31.4 Å². The molecule has 1 aliphatic rings. The first-order chi connectivity index (χ1) is 11.7. The van der Waals surface area contributed by atoms with Gasteiger partial charge in [-0.05, 0) is 37.2 Å². The number of aryl methyl sites for hydroxylation is 1. The Kier molecular flexibility index (Phi) is 3.76. The summed E-state index contributed by atoms with van der Waals surface area (Å²) in [6.45, 7) is 4.29. The molecule has 0 saturated heterocycles. The number of H-pyrrole nitrogens is 2. The Hall–Kier alpha value is -2.70. The molecule has 124 valence electrons. The molecule has 7 nitrogen and oxygen atoms in total. The van der Waals surface area contributed by atoms with Crippen molar-refractivity contribution in [2.75, 3.05) is 5.32 Å². The summed E-state index contributed by atoms with van der Waals surface area (Å²) in [5.41, 5.74) is 1.83. The van der Waals surface area contributed by atoms with Crippen LogP contribution in [0.2, 0.25) is 0 Å². The van der Waals surface area contributed by atoms with Crippen LogP contribution < -0.4 is 5.32 Å². The van der Waals surface area contributed by atoms with E-state index in [1.54, 1.807) is 0 Å². The fraction of sp³-hybridized carbons (Fsp3) is 0.412. The number of hydrogen-bond acceptors (Lipinski definition) is 5. The Morgan fingerprint density at radius 2 is 2.29 bits per heavy atom. The van der Waals surface area contributed by atoms with Crippen molar-refractivity contribution >= 4 is 34.8 Å². The summed E-state index contributed by atoms with van der Waals surface area (Å²) in [6, 6.07) is 3.91. The van der Waals surface area contributed by atoms with E-state index < -0.39 is 0 Å². The van der Waals surface area contributed by atoms with Crippen molar-refractivity contribution in [3.8, 4) is 0 Å². The van der Waals surface area contributed by atoms with E-state index in [0.29, 0.717) is 23.5 Å². The van der Waals surface area contributed by atoms with Crippen LogP contribution in [0.3, 0.4) is 0 Å². The number of fused-ring (bicyclic) bond motifs is 1. The van der Waals surface area contributed by atoms with Crippen LogP contribution in [-0.2, 0) is 6.42 Å². The molecule has 0 aromatic carbocycles. The highest BCUT2D eigenvalue weighted by atomic mass is 15.2. The molecule has 0 aliphatic heterocycles. The second-order valence-electron chi connectivity index (χ2n) is 6.34. The summed E-state index contributed by atoms with van der Waals surface area (Å²) in [5.74, 6) is 3.15. The van der Waals surface area contributed by atoms with Gasteiger partial charge in [-0.15, -0.1) is 0 Å². The topological polar surface area (TPSA) is 94.6 Å². The molecule has 7 heteroatoms. The molecule has 3 heterocycles. The summed E-state index contributed by atoms with van der Waals surface area (Å²) in [7, 11) is 0. The Balaban J connectivity index is 1.63. The second-order valence-corrected chi connectivity index (χ2v) is 6.34. The van der Waals surface area contributed by atoms with E-state index in [0.717, 1.165) is 29.1 Å². The van der Waals surface area contributed by atoms with Crippen LogP contribution in [0.4, 0.5) is 17.6 Å². The smallest absolute Gasteiger partial charge is 0.232 e. The highest BCUT2D eigenvalue weighted by molar-refractivity contribution is 5.88. The van der Waals surface area contributed by atoms with Crippen molar-refractivity contribution in [2.45, 2.75) is 33.1 Å². The molecule has 0 bridgehead atoms. The second kappa shape index (κ2) is 6.07. The average molecular weight is 323 g/mol. The molecule has 24 heavy (non-hydrogen) atoms. The summed E-state index contributed by atoms with van der Waals surface area (Å²) in [4.78, 5) is 16.8. The van der Waals surface area contributed by atoms with Gasteiger partial charge in [0, 0.05) is 24.2 Å². The normalized spacial score (nSPS) is 16.1. The first-order valence-electron chi connectivity index (χ1n) is 8.43. The van der Waals surface area contributed by atoms with E-state index in [2.05, 4.69) is 49.3 Å². The van der Waals surface area contributed by atoms with E-state index in [1.165, 1.54) is 12.8 Å². The molecule has 0 radical (unpaired) electrons.